The van der Waals surface area contributed by atoms with Crippen molar-refractivity contribution in [2.75, 3.05) is 39.5 Å². The topological polar surface area (TPSA) is 82.1 Å². The lowest BCUT2D eigenvalue weighted by atomic mass is 10.3. The molecule has 0 unspecified atom stereocenters. The van der Waals surface area contributed by atoms with Crippen LogP contribution in [0.4, 0.5) is 0 Å². The van der Waals surface area contributed by atoms with Gasteiger partial charge >= 0.3 is 11.9 Å². The van der Waals surface area contributed by atoms with Crippen molar-refractivity contribution in [1.82, 2.24) is 4.90 Å². The van der Waals surface area contributed by atoms with Gasteiger partial charge in [-0.3, -0.25) is 19.3 Å². The summed E-state index contributed by atoms with van der Waals surface area (Å²) in [6.45, 7) is 6.11. The van der Waals surface area contributed by atoms with Crippen LogP contribution in [0.3, 0.4) is 0 Å². The molecule has 116 valence electrons. The molecule has 0 aromatic rings. The summed E-state index contributed by atoms with van der Waals surface area (Å²) in [4.78, 5) is 34.5. The normalized spacial score (nSPS) is 10.2. The van der Waals surface area contributed by atoms with E-state index in [1.165, 1.54) is 0 Å². The highest BCUT2D eigenvalue weighted by molar-refractivity contribution is 5.70. The van der Waals surface area contributed by atoms with Crippen molar-refractivity contribution in [2.24, 2.45) is 0 Å². The number of carbonyl (C=O) groups excluding carboxylic acids is 3. The van der Waals surface area contributed by atoms with Crippen LogP contribution in [-0.2, 0) is 28.6 Å². The molecule has 0 aliphatic heterocycles. The maximum Gasteiger partial charge on any atom is 0.307 e. The molecule has 0 N–H and O–H groups in total. The van der Waals surface area contributed by atoms with Gasteiger partial charge in [0.25, 0.3) is 6.47 Å². The third-order valence-corrected chi connectivity index (χ3v) is 2.47. The second-order valence-electron chi connectivity index (χ2n) is 3.92. The zero-order valence-electron chi connectivity index (χ0n) is 12.1. The van der Waals surface area contributed by atoms with Gasteiger partial charge in [-0.2, -0.15) is 0 Å². The Kier molecular flexibility index (Phi) is 11.4. The van der Waals surface area contributed by atoms with Crippen molar-refractivity contribution in [3.63, 3.8) is 0 Å². The van der Waals surface area contributed by atoms with Crippen LogP contribution in [0.2, 0.25) is 0 Å². The van der Waals surface area contributed by atoms with Crippen LogP contribution >= 0.6 is 0 Å². The van der Waals surface area contributed by atoms with Gasteiger partial charge in [-0.25, -0.2) is 0 Å². The quantitative estimate of drug-likeness (QED) is 0.222. The van der Waals surface area contributed by atoms with Crippen LogP contribution in [0.1, 0.15) is 26.7 Å². The van der Waals surface area contributed by atoms with E-state index in [4.69, 9.17) is 9.47 Å². The highest BCUT2D eigenvalue weighted by Gasteiger charge is 2.11. The van der Waals surface area contributed by atoms with E-state index in [0.717, 1.165) is 0 Å². The SMILES string of the molecule is CCOC(=O)CCN(CCOC=O)CCC(=O)OCC. The number of hydrogen-bond acceptors (Lipinski definition) is 7. The molecule has 0 atom stereocenters. The molecule has 0 aromatic carbocycles. The van der Waals surface area contributed by atoms with E-state index in [2.05, 4.69) is 4.74 Å². The van der Waals surface area contributed by atoms with Crippen LogP contribution in [0.25, 0.3) is 0 Å². The van der Waals surface area contributed by atoms with Gasteiger partial charge in [-0.1, -0.05) is 0 Å². The fourth-order valence-electron chi connectivity index (χ4n) is 1.53. The Morgan fingerprint density at radius 2 is 1.45 bits per heavy atom. The molecule has 0 saturated carbocycles. The average Bonchev–Trinajstić information content (AvgIpc) is 2.42. The zero-order valence-corrected chi connectivity index (χ0v) is 12.1. The van der Waals surface area contributed by atoms with Crippen molar-refractivity contribution in [3.05, 3.63) is 0 Å². The molecule has 0 fully saturated rings. The number of carbonyl (C=O) groups is 3. The standard InChI is InChI=1S/C13H23NO6/c1-3-19-12(16)5-7-14(9-10-18-11-15)8-6-13(17)20-4-2/h11H,3-10H2,1-2H3. The van der Waals surface area contributed by atoms with Crippen LogP contribution in [0, 0.1) is 0 Å². The Morgan fingerprint density at radius 3 is 1.85 bits per heavy atom. The van der Waals surface area contributed by atoms with Crippen molar-refractivity contribution >= 4 is 18.4 Å². The van der Waals surface area contributed by atoms with Crippen LogP contribution in [0.5, 0.6) is 0 Å². The summed E-state index contributed by atoms with van der Waals surface area (Å²) in [7, 11) is 0. The Bertz CT molecular complexity index is 273. The molecule has 0 amide bonds. The molecular formula is C13H23NO6. The number of nitrogens with zero attached hydrogens (tertiary/aromatic N) is 1. The number of rotatable bonds is 12. The van der Waals surface area contributed by atoms with Gasteiger partial charge in [0.1, 0.15) is 6.61 Å². The molecule has 0 aromatic heterocycles. The first-order valence-corrected chi connectivity index (χ1v) is 6.72. The van der Waals surface area contributed by atoms with E-state index in [0.29, 0.717) is 39.3 Å². The molecule has 20 heavy (non-hydrogen) atoms. The summed E-state index contributed by atoms with van der Waals surface area (Å²) >= 11 is 0. The van der Waals surface area contributed by atoms with Gasteiger partial charge < -0.3 is 14.2 Å². The van der Waals surface area contributed by atoms with E-state index in [1.807, 2.05) is 4.90 Å². The summed E-state index contributed by atoms with van der Waals surface area (Å²) in [6.07, 6.45) is 0.468. The van der Waals surface area contributed by atoms with Crippen molar-refractivity contribution in [1.29, 1.82) is 0 Å². The second kappa shape index (κ2) is 12.4. The number of hydrogen-bond donors (Lipinski definition) is 0. The maximum atomic E-state index is 11.3. The smallest absolute Gasteiger partial charge is 0.307 e. The predicted molar refractivity (Wildman–Crippen MR) is 71.0 cm³/mol. The molecule has 0 bridgehead atoms. The van der Waals surface area contributed by atoms with Gasteiger partial charge in [0.2, 0.25) is 0 Å². The largest absolute Gasteiger partial charge is 0.467 e. The van der Waals surface area contributed by atoms with Crippen molar-refractivity contribution in [3.8, 4) is 0 Å². The molecule has 0 rings (SSSR count). The van der Waals surface area contributed by atoms with E-state index < -0.39 is 0 Å². The van der Waals surface area contributed by atoms with Crippen molar-refractivity contribution in [2.45, 2.75) is 26.7 Å². The highest BCUT2D eigenvalue weighted by Crippen LogP contribution is 1.98. The van der Waals surface area contributed by atoms with E-state index in [-0.39, 0.29) is 31.4 Å². The lowest BCUT2D eigenvalue weighted by Crippen LogP contribution is -2.32. The first kappa shape index (κ1) is 18.4. The monoisotopic (exact) mass is 289 g/mol. The summed E-state index contributed by atoms with van der Waals surface area (Å²) in [5, 5.41) is 0. The number of ether oxygens (including phenoxy) is 3. The molecule has 0 aliphatic rings. The molecule has 0 heterocycles. The molecule has 7 heteroatoms. The summed E-state index contributed by atoms with van der Waals surface area (Å²) in [6, 6.07) is 0. The lowest BCUT2D eigenvalue weighted by Gasteiger charge is -2.20. The van der Waals surface area contributed by atoms with Crippen LogP contribution < -0.4 is 0 Å². The van der Waals surface area contributed by atoms with Gasteiger partial charge in [-0.05, 0) is 13.8 Å². The molecule has 7 nitrogen and oxygen atoms in total. The Hall–Kier alpha value is -1.63. The minimum absolute atomic E-state index is 0.217. The summed E-state index contributed by atoms with van der Waals surface area (Å²) in [5.74, 6) is -0.574. The lowest BCUT2D eigenvalue weighted by molar-refractivity contribution is -0.144. The van der Waals surface area contributed by atoms with Gasteiger partial charge in [-0.15, -0.1) is 0 Å². The predicted octanol–water partition coefficient (Wildman–Crippen LogP) is 0.368. The minimum atomic E-state index is -0.287. The fourth-order valence-corrected chi connectivity index (χ4v) is 1.53. The molecule has 0 spiro atoms. The fraction of sp³-hybridized carbons (Fsp3) is 0.769. The third kappa shape index (κ3) is 10.3. The minimum Gasteiger partial charge on any atom is -0.467 e. The molecule has 0 aliphatic carbocycles. The summed E-state index contributed by atoms with van der Waals surface area (Å²) in [5.41, 5.74) is 0. The maximum absolute atomic E-state index is 11.3. The van der Waals surface area contributed by atoms with E-state index in [9.17, 15) is 14.4 Å². The van der Waals surface area contributed by atoms with Gasteiger partial charge in [0.05, 0.1) is 26.1 Å². The summed E-state index contributed by atoms with van der Waals surface area (Å²) < 4.78 is 14.3. The van der Waals surface area contributed by atoms with Gasteiger partial charge in [0, 0.05) is 19.6 Å². The average molecular weight is 289 g/mol. The highest BCUT2D eigenvalue weighted by atomic mass is 16.5. The first-order valence-electron chi connectivity index (χ1n) is 6.72. The van der Waals surface area contributed by atoms with E-state index >= 15 is 0 Å². The van der Waals surface area contributed by atoms with E-state index in [1.54, 1.807) is 13.8 Å². The van der Waals surface area contributed by atoms with Crippen LogP contribution in [-0.4, -0.2) is 62.8 Å². The van der Waals surface area contributed by atoms with Crippen LogP contribution in [0.15, 0.2) is 0 Å². The molecule has 0 saturated heterocycles. The number of esters is 2. The Morgan fingerprint density at radius 1 is 0.950 bits per heavy atom. The first-order chi connectivity index (χ1) is 9.63. The van der Waals surface area contributed by atoms with Crippen molar-refractivity contribution < 1.29 is 28.6 Å². The molecule has 0 radical (unpaired) electrons. The second-order valence-corrected chi connectivity index (χ2v) is 3.92. The molecular weight excluding hydrogens is 266 g/mol. The Balaban J connectivity index is 4.08. The zero-order chi connectivity index (χ0) is 15.2. The Labute approximate surface area is 119 Å². The van der Waals surface area contributed by atoms with Gasteiger partial charge in [0.15, 0.2) is 0 Å². The third-order valence-electron chi connectivity index (χ3n) is 2.47.